The quantitative estimate of drug-likeness (QED) is 0.326. The van der Waals surface area contributed by atoms with Gasteiger partial charge < -0.3 is 0 Å². The summed E-state index contributed by atoms with van der Waals surface area (Å²) in [7, 11) is 1.09. The molecule has 0 amide bonds. The van der Waals surface area contributed by atoms with Crippen molar-refractivity contribution in [1.82, 2.24) is 0 Å². The lowest BCUT2D eigenvalue weighted by atomic mass is 10.0. The molecule has 0 aliphatic rings. The van der Waals surface area contributed by atoms with Crippen molar-refractivity contribution in [3.05, 3.63) is 0 Å². The number of terminal acetylenes is 1. The second kappa shape index (κ2) is 7.10. The fourth-order valence-corrected chi connectivity index (χ4v) is 1.49. The Hall–Kier alpha value is -0.0100. The third-order valence-electron chi connectivity index (χ3n) is 1.71. The smallest absolute Gasteiger partial charge is 0.0197 e. The Morgan fingerprint density at radius 1 is 1.60 bits per heavy atom. The van der Waals surface area contributed by atoms with Gasteiger partial charge in [0.15, 0.2) is 0 Å². The molecule has 0 aliphatic carbocycles. The Morgan fingerprint density at radius 2 is 2.30 bits per heavy atom. The van der Waals surface area contributed by atoms with Crippen molar-refractivity contribution in [3.63, 3.8) is 0 Å². The number of hydrogen-bond donors (Lipinski definition) is 0. The van der Waals surface area contributed by atoms with Crippen LogP contribution in [0.5, 0.6) is 0 Å². The van der Waals surface area contributed by atoms with Crippen molar-refractivity contribution in [2.75, 3.05) is 12.8 Å². The fraction of sp³-hybridized carbons (Fsp3) is 0.778. The SMILES string of the molecule is C#CC(CC)CCCPC. The minimum Gasteiger partial charge on any atom is -0.125 e. The zero-order valence-electron chi connectivity index (χ0n) is 6.98. The zero-order chi connectivity index (χ0) is 7.82. The third kappa shape index (κ3) is 4.83. The average Bonchev–Trinajstić information content (AvgIpc) is 1.99. The van der Waals surface area contributed by atoms with Crippen molar-refractivity contribution in [2.45, 2.75) is 26.2 Å². The van der Waals surface area contributed by atoms with Gasteiger partial charge in [-0.15, -0.1) is 20.9 Å². The summed E-state index contributed by atoms with van der Waals surface area (Å²) in [6.45, 7) is 4.41. The van der Waals surface area contributed by atoms with E-state index in [-0.39, 0.29) is 0 Å². The van der Waals surface area contributed by atoms with E-state index in [9.17, 15) is 0 Å². The first kappa shape index (κ1) is 9.99. The molecule has 0 saturated heterocycles. The molecule has 0 radical (unpaired) electrons. The van der Waals surface area contributed by atoms with E-state index < -0.39 is 0 Å². The van der Waals surface area contributed by atoms with Crippen LogP contribution in [-0.4, -0.2) is 12.8 Å². The van der Waals surface area contributed by atoms with Crippen LogP contribution in [0.3, 0.4) is 0 Å². The van der Waals surface area contributed by atoms with Gasteiger partial charge in [0.2, 0.25) is 0 Å². The van der Waals surface area contributed by atoms with Crippen molar-refractivity contribution >= 4 is 8.58 Å². The zero-order valence-corrected chi connectivity index (χ0v) is 7.98. The fourth-order valence-electron chi connectivity index (χ4n) is 0.931. The van der Waals surface area contributed by atoms with Gasteiger partial charge in [-0.1, -0.05) is 6.92 Å². The van der Waals surface area contributed by atoms with E-state index in [2.05, 4.69) is 19.5 Å². The molecule has 0 bridgehead atoms. The first-order valence-corrected chi connectivity index (χ1v) is 5.66. The lowest BCUT2D eigenvalue weighted by Gasteiger charge is -2.05. The van der Waals surface area contributed by atoms with Gasteiger partial charge in [-0.3, -0.25) is 0 Å². The molecule has 0 spiro atoms. The van der Waals surface area contributed by atoms with E-state index >= 15 is 0 Å². The molecule has 0 aromatic rings. The first-order chi connectivity index (χ1) is 4.85. The van der Waals surface area contributed by atoms with Crippen LogP contribution in [0.25, 0.3) is 0 Å². The van der Waals surface area contributed by atoms with E-state index in [0.29, 0.717) is 5.92 Å². The van der Waals surface area contributed by atoms with Gasteiger partial charge in [0.25, 0.3) is 0 Å². The Bertz CT molecular complexity index is 102. The lowest BCUT2D eigenvalue weighted by Crippen LogP contribution is -1.94. The molecule has 0 N–H and O–H groups in total. The topological polar surface area (TPSA) is 0 Å². The Balaban J connectivity index is 3.20. The molecular weight excluding hydrogens is 139 g/mol. The summed E-state index contributed by atoms with van der Waals surface area (Å²) in [5, 5.41) is 0. The Kier molecular flexibility index (Phi) is 7.09. The molecule has 0 aliphatic heterocycles. The van der Waals surface area contributed by atoms with Crippen molar-refractivity contribution in [1.29, 1.82) is 0 Å². The van der Waals surface area contributed by atoms with Crippen LogP contribution in [0.15, 0.2) is 0 Å². The molecule has 0 rings (SSSR count). The van der Waals surface area contributed by atoms with Crippen molar-refractivity contribution in [2.24, 2.45) is 5.92 Å². The summed E-state index contributed by atoms with van der Waals surface area (Å²) in [5.41, 5.74) is 0. The maximum atomic E-state index is 5.32. The molecule has 2 atom stereocenters. The van der Waals surface area contributed by atoms with E-state index in [1.807, 2.05) is 0 Å². The maximum absolute atomic E-state index is 5.32. The van der Waals surface area contributed by atoms with E-state index in [1.54, 1.807) is 0 Å². The van der Waals surface area contributed by atoms with Crippen LogP contribution in [0.4, 0.5) is 0 Å². The summed E-state index contributed by atoms with van der Waals surface area (Å²) >= 11 is 0. The monoisotopic (exact) mass is 156 g/mol. The van der Waals surface area contributed by atoms with Crippen LogP contribution in [0.2, 0.25) is 0 Å². The van der Waals surface area contributed by atoms with Gasteiger partial charge >= 0.3 is 0 Å². The molecule has 0 aromatic carbocycles. The van der Waals surface area contributed by atoms with Crippen molar-refractivity contribution in [3.8, 4) is 12.3 Å². The van der Waals surface area contributed by atoms with Crippen LogP contribution in [0, 0.1) is 18.3 Å². The summed E-state index contributed by atoms with van der Waals surface area (Å²) in [6, 6.07) is 0. The summed E-state index contributed by atoms with van der Waals surface area (Å²) in [4.78, 5) is 0. The maximum Gasteiger partial charge on any atom is 0.0197 e. The molecule has 0 heterocycles. The molecular formula is C9H17P. The second-order valence-electron chi connectivity index (χ2n) is 2.52. The Labute approximate surface area is 66.6 Å². The summed E-state index contributed by atoms with van der Waals surface area (Å²) in [5.74, 6) is 3.35. The largest absolute Gasteiger partial charge is 0.125 e. The van der Waals surface area contributed by atoms with Gasteiger partial charge in [-0.05, 0) is 32.1 Å². The van der Waals surface area contributed by atoms with Gasteiger partial charge in [-0.25, -0.2) is 0 Å². The molecule has 2 unspecified atom stereocenters. The predicted octanol–water partition coefficient (Wildman–Crippen LogP) is 2.73. The molecule has 0 nitrogen and oxygen atoms in total. The highest BCUT2D eigenvalue weighted by atomic mass is 31.1. The average molecular weight is 156 g/mol. The van der Waals surface area contributed by atoms with Gasteiger partial charge in [0.05, 0.1) is 0 Å². The molecule has 0 saturated carbocycles. The molecule has 0 aromatic heterocycles. The highest BCUT2D eigenvalue weighted by molar-refractivity contribution is 7.36. The van der Waals surface area contributed by atoms with E-state index in [4.69, 9.17) is 6.42 Å². The van der Waals surface area contributed by atoms with E-state index in [0.717, 1.165) is 15.0 Å². The summed E-state index contributed by atoms with van der Waals surface area (Å²) in [6.07, 6.45) is 10.4. The minimum absolute atomic E-state index is 0.538. The highest BCUT2D eigenvalue weighted by Crippen LogP contribution is 2.13. The van der Waals surface area contributed by atoms with Gasteiger partial charge in [0, 0.05) is 5.92 Å². The van der Waals surface area contributed by atoms with Gasteiger partial charge in [0.1, 0.15) is 0 Å². The number of hydrogen-bond acceptors (Lipinski definition) is 0. The third-order valence-corrected chi connectivity index (χ3v) is 2.56. The van der Waals surface area contributed by atoms with E-state index in [1.165, 1.54) is 19.0 Å². The van der Waals surface area contributed by atoms with Crippen LogP contribution < -0.4 is 0 Å². The Morgan fingerprint density at radius 3 is 2.70 bits per heavy atom. The molecule has 1 heteroatoms. The lowest BCUT2D eigenvalue weighted by molar-refractivity contribution is 0.584. The second-order valence-corrected chi connectivity index (χ2v) is 3.72. The molecule has 58 valence electrons. The molecule has 0 fully saturated rings. The normalized spacial score (nSPS) is 13.7. The van der Waals surface area contributed by atoms with Crippen molar-refractivity contribution < 1.29 is 0 Å². The predicted molar refractivity (Wildman–Crippen MR) is 51.0 cm³/mol. The summed E-state index contributed by atoms with van der Waals surface area (Å²) < 4.78 is 0. The van der Waals surface area contributed by atoms with Gasteiger partial charge in [-0.2, -0.15) is 0 Å². The highest BCUT2D eigenvalue weighted by Gasteiger charge is 1.99. The van der Waals surface area contributed by atoms with Crippen LogP contribution >= 0.6 is 8.58 Å². The van der Waals surface area contributed by atoms with Crippen LogP contribution in [0.1, 0.15) is 26.2 Å². The molecule has 10 heavy (non-hydrogen) atoms. The minimum atomic E-state index is 0.538. The standard InChI is InChI=1S/C9H17P/c1-4-9(5-2)7-6-8-10-3/h1,9-10H,5-8H2,2-3H3. The van der Waals surface area contributed by atoms with Crippen LogP contribution in [-0.2, 0) is 0 Å². The first-order valence-electron chi connectivity index (χ1n) is 3.95. The number of rotatable bonds is 5.